The van der Waals surface area contributed by atoms with Crippen LogP contribution in [-0.4, -0.2) is 16.3 Å². The number of benzene rings is 1. The number of hydrogen-bond donors (Lipinski definition) is 1. The summed E-state index contributed by atoms with van der Waals surface area (Å²) in [6, 6.07) is 9.34. The van der Waals surface area contributed by atoms with Gasteiger partial charge in [0.05, 0.1) is 6.20 Å². The zero-order valence-corrected chi connectivity index (χ0v) is 12.9. The van der Waals surface area contributed by atoms with Gasteiger partial charge in [-0.25, -0.2) is 0 Å². The maximum Gasteiger partial charge on any atom is 0.0522 e. The summed E-state index contributed by atoms with van der Waals surface area (Å²) in [6.45, 7) is 7.58. The normalized spacial score (nSPS) is 12.8. The van der Waals surface area contributed by atoms with Gasteiger partial charge in [-0.05, 0) is 35.6 Å². The number of aryl methyl sites for hydroxylation is 1. The van der Waals surface area contributed by atoms with E-state index in [9.17, 15) is 0 Å². The molecule has 0 aliphatic rings. The summed E-state index contributed by atoms with van der Waals surface area (Å²) in [4.78, 5) is 0. The topological polar surface area (TPSA) is 29.9 Å². The molecule has 0 aliphatic heterocycles. The third-order valence-corrected chi connectivity index (χ3v) is 3.65. The van der Waals surface area contributed by atoms with Crippen molar-refractivity contribution in [2.24, 2.45) is 7.05 Å². The first-order valence-corrected chi connectivity index (χ1v) is 7.41. The van der Waals surface area contributed by atoms with Crippen LogP contribution in [0.2, 0.25) is 0 Å². The van der Waals surface area contributed by atoms with E-state index >= 15 is 0 Å². The molecule has 0 spiro atoms. The highest BCUT2D eigenvalue weighted by atomic mass is 15.2. The smallest absolute Gasteiger partial charge is 0.0522 e. The molecule has 0 aliphatic carbocycles. The lowest BCUT2D eigenvalue weighted by Gasteiger charge is -2.18. The number of nitrogens with zero attached hydrogens (tertiary/aromatic N) is 2. The molecule has 2 aromatic rings. The van der Waals surface area contributed by atoms with Crippen LogP contribution >= 0.6 is 0 Å². The van der Waals surface area contributed by atoms with Crippen molar-refractivity contribution >= 4 is 0 Å². The Morgan fingerprint density at radius 3 is 2.30 bits per heavy atom. The molecule has 1 aromatic carbocycles. The Bertz CT molecular complexity index is 525. The fourth-order valence-corrected chi connectivity index (χ4v) is 2.48. The first-order chi connectivity index (χ1) is 9.60. The Labute approximate surface area is 122 Å². The van der Waals surface area contributed by atoms with Crippen molar-refractivity contribution in [3.63, 3.8) is 0 Å². The highest BCUT2D eigenvalue weighted by Gasteiger charge is 2.12. The molecular weight excluding hydrogens is 246 g/mol. The van der Waals surface area contributed by atoms with Gasteiger partial charge in [-0.1, -0.05) is 45.0 Å². The predicted molar refractivity (Wildman–Crippen MR) is 83.9 cm³/mol. The molecule has 1 heterocycles. The maximum atomic E-state index is 4.25. The lowest BCUT2D eigenvalue weighted by atomic mass is 9.96. The molecule has 0 saturated carbocycles. The summed E-state index contributed by atoms with van der Waals surface area (Å²) in [7, 11) is 1.96. The number of likely N-dealkylation sites (N-methyl/N-ethyl adjacent to an activating group) is 1. The van der Waals surface area contributed by atoms with E-state index in [0.717, 1.165) is 13.0 Å². The average Bonchev–Trinajstić information content (AvgIpc) is 2.84. The van der Waals surface area contributed by atoms with Gasteiger partial charge in [0.1, 0.15) is 0 Å². The van der Waals surface area contributed by atoms with Crippen molar-refractivity contribution in [2.45, 2.75) is 39.2 Å². The van der Waals surface area contributed by atoms with Crippen molar-refractivity contribution in [3.8, 4) is 0 Å². The van der Waals surface area contributed by atoms with E-state index in [1.807, 2.05) is 17.9 Å². The van der Waals surface area contributed by atoms with Gasteiger partial charge >= 0.3 is 0 Å². The summed E-state index contributed by atoms with van der Waals surface area (Å²) < 4.78 is 1.86. The molecule has 0 bridgehead atoms. The van der Waals surface area contributed by atoms with Gasteiger partial charge in [-0.2, -0.15) is 5.10 Å². The van der Waals surface area contributed by atoms with Crippen molar-refractivity contribution < 1.29 is 0 Å². The van der Waals surface area contributed by atoms with Crippen LogP contribution in [0, 0.1) is 0 Å². The quantitative estimate of drug-likeness (QED) is 0.872. The summed E-state index contributed by atoms with van der Waals surface area (Å²) in [6.07, 6.45) is 5.02. The van der Waals surface area contributed by atoms with Gasteiger partial charge < -0.3 is 5.32 Å². The molecular formula is C17H25N3. The largest absolute Gasteiger partial charge is 0.310 e. The van der Waals surface area contributed by atoms with Gasteiger partial charge in [0.15, 0.2) is 0 Å². The Balaban J connectivity index is 2.15. The van der Waals surface area contributed by atoms with Crippen LogP contribution in [0.3, 0.4) is 0 Å². The molecule has 3 nitrogen and oxygen atoms in total. The molecule has 1 aromatic heterocycles. The van der Waals surface area contributed by atoms with E-state index in [1.54, 1.807) is 0 Å². The molecule has 2 rings (SSSR count). The fourth-order valence-electron chi connectivity index (χ4n) is 2.48. The zero-order chi connectivity index (χ0) is 14.5. The highest BCUT2D eigenvalue weighted by molar-refractivity contribution is 5.28. The van der Waals surface area contributed by atoms with Crippen molar-refractivity contribution in [1.82, 2.24) is 15.1 Å². The summed E-state index contributed by atoms with van der Waals surface area (Å²) >= 11 is 0. The molecule has 0 radical (unpaired) electrons. The third-order valence-electron chi connectivity index (χ3n) is 3.65. The van der Waals surface area contributed by atoms with E-state index in [0.29, 0.717) is 12.0 Å². The first kappa shape index (κ1) is 14.8. The molecule has 0 fully saturated rings. The minimum atomic E-state index is 0.352. The molecule has 1 atom stereocenters. The SMILES string of the molecule is CCNC(Cc1cnn(C)c1)c1ccc(C(C)C)cc1. The van der Waals surface area contributed by atoms with Crippen LogP contribution in [0.15, 0.2) is 36.7 Å². The van der Waals surface area contributed by atoms with Crippen LogP contribution < -0.4 is 5.32 Å². The number of nitrogens with one attached hydrogen (secondary N) is 1. The highest BCUT2D eigenvalue weighted by Crippen LogP contribution is 2.21. The van der Waals surface area contributed by atoms with Gasteiger partial charge in [0.2, 0.25) is 0 Å². The third kappa shape index (κ3) is 3.70. The first-order valence-electron chi connectivity index (χ1n) is 7.41. The average molecular weight is 271 g/mol. The molecule has 1 unspecified atom stereocenters. The van der Waals surface area contributed by atoms with Crippen LogP contribution in [0.4, 0.5) is 0 Å². The monoisotopic (exact) mass is 271 g/mol. The molecule has 3 heteroatoms. The van der Waals surface area contributed by atoms with E-state index in [2.05, 4.69) is 61.6 Å². The Hall–Kier alpha value is -1.61. The maximum absolute atomic E-state index is 4.25. The molecule has 108 valence electrons. The van der Waals surface area contributed by atoms with Crippen molar-refractivity contribution in [2.75, 3.05) is 6.54 Å². The summed E-state index contributed by atoms with van der Waals surface area (Å²) in [5.74, 6) is 0.583. The summed E-state index contributed by atoms with van der Waals surface area (Å²) in [5.41, 5.74) is 4.01. The predicted octanol–water partition coefficient (Wildman–Crippen LogP) is 3.44. The lowest BCUT2D eigenvalue weighted by molar-refractivity contribution is 0.549. The van der Waals surface area contributed by atoms with Gasteiger partial charge in [-0.3, -0.25) is 4.68 Å². The summed E-state index contributed by atoms with van der Waals surface area (Å²) in [5, 5.41) is 7.82. The Morgan fingerprint density at radius 1 is 1.15 bits per heavy atom. The van der Waals surface area contributed by atoms with Crippen LogP contribution in [0.5, 0.6) is 0 Å². The van der Waals surface area contributed by atoms with Crippen LogP contribution in [0.1, 0.15) is 49.4 Å². The van der Waals surface area contributed by atoms with Gasteiger partial charge in [0, 0.05) is 19.3 Å². The van der Waals surface area contributed by atoms with Gasteiger partial charge in [0.25, 0.3) is 0 Å². The number of rotatable bonds is 6. The van der Waals surface area contributed by atoms with Crippen LogP contribution in [0.25, 0.3) is 0 Å². The second kappa shape index (κ2) is 6.71. The number of aromatic nitrogens is 2. The lowest BCUT2D eigenvalue weighted by Crippen LogP contribution is -2.22. The standard InChI is InChI=1S/C17H25N3/c1-5-18-17(10-14-11-19-20(4)12-14)16-8-6-15(7-9-16)13(2)3/h6-9,11-13,17-18H,5,10H2,1-4H3. The van der Waals surface area contributed by atoms with Gasteiger partial charge in [-0.15, -0.1) is 0 Å². The second-order valence-electron chi connectivity index (χ2n) is 5.66. The molecule has 0 amide bonds. The van der Waals surface area contributed by atoms with E-state index in [4.69, 9.17) is 0 Å². The van der Waals surface area contributed by atoms with E-state index < -0.39 is 0 Å². The minimum absolute atomic E-state index is 0.352. The molecule has 0 saturated heterocycles. The van der Waals surface area contributed by atoms with Crippen molar-refractivity contribution in [1.29, 1.82) is 0 Å². The fraction of sp³-hybridized carbons (Fsp3) is 0.471. The Morgan fingerprint density at radius 2 is 1.80 bits per heavy atom. The number of hydrogen-bond acceptors (Lipinski definition) is 2. The zero-order valence-electron chi connectivity index (χ0n) is 12.9. The van der Waals surface area contributed by atoms with E-state index in [1.165, 1.54) is 16.7 Å². The van der Waals surface area contributed by atoms with E-state index in [-0.39, 0.29) is 0 Å². The minimum Gasteiger partial charge on any atom is -0.310 e. The van der Waals surface area contributed by atoms with Crippen LogP contribution in [-0.2, 0) is 13.5 Å². The Kier molecular flexibility index (Phi) is 4.96. The molecule has 20 heavy (non-hydrogen) atoms. The second-order valence-corrected chi connectivity index (χ2v) is 5.66. The molecule has 1 N–H and O–H groups in total. The van der Waals surface area contributed by atoms with Crippen molar-refractivity contribution in [3.05, 3.63) is 53.3 Å².